The zero-order valence-corrected chi connectivity index (χ0v) is 19.3. The van der Waals surface area contributed by atoms with E-state index in [0.29, 0.717) is 6.61 Å². The minimum absolute atomic E-state index is 0.0728. The van der Waals surface area contributed by atoms with Crippen LogP contribution in [0.4, 0.5) is 0 Å². The molecule has 0 amide bonds. The molecule has 0 saturated heterocycles. The van der Waals surface area contributed by atoms with Crippen molar-refractivity contribution in [3.8, 4) is 5.75 Å². The van der Waals surface area contributed by atoms with Crippen molar-refractivity contribution in [3.63, 3.8) is 0 Å². The Morgan fingerprint density at radius 1 is 1.28 bits per heavy atom. The second-order valence-corrected chi connectivity index (χ2v) is 8.57. The average molecular weight is 436 g/mol. The van der Waals surface area contributed by atoms with Crippen molar-refractivity contribution in [1.82, 2.24) is 4.98 Å². The maximum Gasteiger partial charge on any atom is 0.309 e. The lowest BCUT2D eigenvalue weighted by Crippen LogP contribution is -2.21. The first-order chi connectivity index (χ1) is 15.6. The fraction of sp³-hybridized carbons (Fsp3) is 0.481. The SMILES string of the molecule is CCc1oc(C2C=CC=CC2)nc1CCOc1ccc2c(c1)CCC2C(CC)C(=O)OC. The van der Waals surface area contributed by atoms with Crippen LogP contribution in [0.25, 0.3) is 0 Å². The van der Waals surface area contributed by atoms with Gasteiger partial charge in [-0.25, -0.2) is 4.98 Å². The number of ether oxygens (including phenoxy) is 2. The van der Waals surface area contributed by atoms with Gasteiger partial charge in [-0.15, -0.1) is 0 Å². The summed E-state index contributed by atoms with van der Waals surface area (Å²) in [5, 5.41) is 0. The van der Waals surface area contributed by atoms with Gasteiger partial charge in [0.1, 0.15) is 11.5 Å². The van der Waals surface area contributed by atoms with E-state index in [-0.39, 0.29) is 23.7 Å². The number of hydrogen-bond acceptors (Lipinski definition) is 5. The maximum absolute atomic E-state index is 12.2. The molecule has 1 aromatic heterocycles. The Kier molecular flexibility index (Phi) is 7.13. The molecule has 0 bridgehead atoms. The number of carbonyl (C=O) groups is 1. The predicted octanol–water partition coefficient (Wildman–Crippen LogP) is 5.69. The number of esters is 1. The van der Waals surface area contributed by atoms with Crippen molar-refractivity contribution in [1.29, 1.82) is 0 Å². The molecule has 3 atom stereocenters. The zero-order valence-electron chi connectivity index (χ0n) is 19.3. The van der Waals surface area contributed by atoms with Crippen molar-refractivity contribution < 1.29 is 18.7 Å². The maximum atomic E-state index is 12.2. The zero-order chi connectivity index (χ0) is 22.5. The van der Waals surface area contributed by atoms with Crippen LogP contribution in [0.1, 0.15) is 73.4 Å². The van der Waals surface area contributed by atoms with Crippen molar-refractivity contribution >= 4 is 5.97 Å². The van der Waals surface area contributed by atoms with Gasteiger partial charge < -0.3 is 13.9 Å². The van der Waals surface area contributed by atoms with Crippen molar-refractivity contribution in [2.75, 3.05) is 13.7 Å². The third-order valence-corrected chi connectivity index (χ3v) is 6.69. The van der Waals surface area contributed by atoms with Gasteiger partial charge in [-0.05, 0) is 54.9 Å². The highest BCUT2D eigenvalue weighted by molar-refractivity contribution is 5.74. The number of oxazole rings is 1. The summed E-state index contributed by atoms with van der Waals surface area (Å²) in [6.45, 7) is 4.71. The van der Waals surface area contributed by atoms with Crippen LogP contribution >= 0.6 is 0 Å². The number of aryl methyl sites for hydroxylation is 2. The Hall–Kier alpha value is -2.82. The van der Waals surface area contributed by atoms with Crippen molar-refractivity contribution in [2.24, 2.45) is 5.92 Å². The molecule has 5 nitrogen and oxygen atoms in total. The summed E-state index contributed by atoms with van der Waals surface area (Å²) in [5.74, 6) is 2.91. The van der Waals surface area contributed by atoms with Crippen LogP contribution in [0.15, 0.2) is 46.9 Å². The normalized spacial score (nSPS) is 20.2. The Labute approximate surface area is 190 Å². The molecular weight excluding hydrogens is 402 g/mol. The van der Waals surface area contributed by atoms with Crippen LogP contribution in [0.5, 0.6) is 5.75 Å². The van der Waals surface area contributed by atoms with Gasteiger partial charge in [-0.3, -0.25) is 4.79 Å². The van der Waals surface area contributed by atoms with Gasteiger partial charge in [0.25, 0.3) is 0 Å². The fourth-order valence-electron chi connectivity index (χ4n) is 4.96. The number of allylic oxidation sites excluding steroid dienone is 4. The number of aromatic nitrogens is 1. The molecule has 0 spiro atoms. The topological polar surface area (TPSA) is 61.6 Å². The van der Waals surface area contributed by atoms with E-state index in [1.165, 1.54) is 18.2 Å². The first-order valence-electron chi connectivity index (χ1n) is 11.8. The van der Waals surface area contributed by atoms with Gasteiger partial charge in [-0.2, -0.15) is 0 Å². The van der Waals surface area contributed by atoms with E-state index in [9.17, 15) is 4.79 Å². The number of nitrogens with zero attached hydrogens (tertiary/aromatic N) is 1. The smallest absolute Gasteiger partial charge is 0.309 e. The molecule has 0 N–H and O–H groups in total. The van der Waals surface area contributed by atoms with Crippen LogP contribution in [0.2, 0.25) is 0 Å². The molecule has 2 aromatic rings. The number of carbonyl (C=O) groups excluding carboxylic acids is 1. The molecule has 0 fully saturated rings. The Morgan fingerprint density at radius 2 is 2.16 bits per heavy atom. The Morgan fingerprint density at radius 3 is 2.88 bits per heavy atom. The minimum Gasteiger partial charge on any atom is -0.493 e. The van der Waals surface area contributed by atoms with E-state index in [1.54, 1.807) is 0 Å². The number of hydrogen-bond donors (Lipinski definition) is 0. The van der Waals surface area contributed by atoms with E-state index in [1.807, 2.05) is 6.07 Å². The lowest BCUT2D eigenvalue weighted by Gasteiger charge is -2.21. The summed E-state index contributed by atoms with van der Waals surface area (Å²) in [7, 11) is 1.47. The van der Waals surface area contributed by atoms with E-state index >= 15 is 0 Å². The summed E-state index contributed by atoms with van der Waals surface area (Å²) >= 11 is 0. The molecule has 0 radical (unpaired) electrons. The third-order valence-electron chi connectivity index (χ3n) is 6.69. The molecule has 1 aromatic carbocycles. The monoisotopic (exact) mass is 435 g/mol. The van der Waals surface area contributed by atoms with Gasteiger partial charge in [0.2, 0.25) is 5.89 Å². The highest BCUT2D eigenvalue weighted by Gasteiger charge is 2.34. The largest absolute Gasteiger partial charge is 0.493 e. The first kappa shape index (κ1) is 22.4. The van der Waals surface area contributed by atoms with Gasteiger partial charge in [0.05, 0.1) is 31.2 Å². The quantitative estimate of drug-likeness (QED) is 0.474. The molecule has 3 unspecified atom stereocenters. The highest BCUT2D eigenvalue weighted by Crippen LogP contribution is 2.41. The number of benzene rings is 1. The van der Waals surface area contributed by atoms with E-state index in [0.717, 1.165) is 61.6 Å². The molecule has 0 aliphatic heterocycles. The molecule has 1 heterocycles. The highest BCUT2D eigenvalue weighted by atomic mass is 16.5. The molecule has 2 aliphatic carbocycles. The molecule has 2 aliphatic rings. The van der Waals surface area contributed by atoms with Crippen LogP contribution in [-0.2, 0) is 28.8 Å². The first-order valence-corrected chi connectivity index (χ1v) is 11.8. The lowest BCUT2D eigenvalue weighted by atomic mass is 9.85. The molecular formula is C27H33NO4. The second-order valence-electron chi connectivity index (χ2n) is 8.57. The summed E-state index contributed by atoms with van der Waals surface area (Å²) in [6.07, 6.45) is 13.6. The second kappa shape index (κ2) is 10.2. The summed E-state index contributed by atoms with van der Waals surface area (Å²) < 4.78 is 17.2. The fourth-order valence-corrected chi connectivity index (χ4v) is 4.96. The third kappa shape index (κ3) is 4.67. The van der Waals surface area contributed by atoms with Gasteiger partial charge >= 0.3 is 5.97 Å². The number of rotatable bonds is 9. The lowest BCUT2D eigenvalue weighted by molar-refractivity contribution is -0.146. The van der Waals surface area contributed by atoms with Crippen LogP contribution in [0, 0.1) is 5.92 Å². The molecule has 5 heteroatoms. The molecule has 0 saturated carbocycles. The van der Waals surface area contributed by atoms with E-state index < -0.39 is 0 Å². The number of methoxy groups -OCH3 is 1. The Balaban J connectivity index is 1.38. The van der Waals surface area contributed by atoms with Crippen LogP contribution in [0.3, 0.4) is 0 Å². The average Bonchev–Trinajstić information content (AvgIpc) is 3.44. The summed E-state index contributed by atoms with van der Waals surface area (Å²) in [6, 6.07) is 6.28. The van der Waals surface area contributed by atoms with Gasteiger partial charge in [0.15, 0.2) is 0 Å². The van der Waals surface area contributed by atoms with Crippen molar-refractivity contribution in [2.45, 2.75) is 64.2 Å². The van der Waals surface area contributed by atoms with E-state index in [4.69, 9.17) is 18.9 Å². The van der Waals surface area contributed by atoms with Crippen LogP contribution in [-0.4, -0.2) is 24.7 Å². The van der Waals surface area contributed by atoms with Gasteiger partial charge in [-0.1, -0.05) is 44.2 Å². The Bertz CT molecular complexity index is 1000. The van der Waals surface area contributed by atoms with Crippen LogP contribution < -0.4 is 4.74 Å². The number of fused-ring (bicyclic) bond motifs is 1. The summed E-state index contributed by atoms with van der Waals surface area (Å²) in [4.78, 5) is 17.0. The van der Waals surface area contributed by atoms with Crippen molar-refractivity contribution in [3.05, 3.63) is 71.0 Å². The summed E-state index contributed by atoms with van der Waals surface area (Å²) in [5.41, 5.74) is 3.54. The molecule has 170 valence electrons. The molecule has 32 heavy (non-hydrogen) atoms. The molecule has 4 rings (SSSR count). The van der Waals surface area contributed by atoms with Gasteiger partial charge in [0, 0.05) is 12.8 Å². The van der Waals surface area contributed by atoms with E-state index in [2.05, 4.69) is 50.3 Å². The predicted molar refractivity (Wildman–Crippen MR) is 124 cm³/mol. The minimum atomic E-state index is -0.107. The standard InChI is InChI=1S/C27H33NO4/c1-4-21(27(29)30-3)23-13-11-19-17-20(12-14-22(19)23)31-16-15-24-25(5-2)32-26(28-24)18-9-7-6-8-10-18/h6-9,12,14,17-18,21,23H,4-5,10-11,13,15-16H2,1-3H3.